The summed E-state index contributed by atoms with van der Waals surface area (Å²) >= 11 is 0. The second-order valence-corrected chi connectivity index (χ2v) is 7.10. The molecule has 25 heavy (non-hydrogen) atoms. The summed E-state index contributed by atoms with van der Waals surface area (Å²) in [4.78, 5) is 28.5. The van der Waals surface area contributed by atoms with Crippen LogP contribution in [0, 0.1) is 5.92 Å². The highest BCUT2D eigenvalue weighted by Crippen LogP contribution is 2.26. The Morgan fingerprint density at radius 1 is 1.00 bits per heavy atom. The van der Waals surface area contributed by atoms with Crippen molar-refractivity contribution in [1.29, 1.82) is 0 Å². The van der Waals surface area contributed by atoms with Crippen LogP contribution in [0.5, 0.6) is 0 Å². The highest BCUT2D eigenvalue weighted by atomic mass is 16.2. The van der Waals surface area contributed by atoms with E-state index in [-0.39, 0.29) is 11.8 Å². The lowest BCUT2D eigenvalue weighted by atomic mass is 9.88. The van der Waals surface area contributed by atoms with Crippen LogP contribution < -0.4 is 10.2 Å². The van der Waals surface area contributed by atoms with Crippen LogP contribution in [0.1, 0.15) is 45.4 Å². The molecule has 0 radical (unpaired) electrons. The minimum absolute atomic E-state index is 0.0302. The fourth-order valence-electron chi connectivity index (χ4n) is 3.80. The molecular formula is C20H29N3O2. The Morgan fingerprint density at radius 3 is 2.24 bits per heavy atom. The summed E-state index contributed by atoms with van der Waals surface area (Å²) in [6, 6.07) is 7.98. The van der Waals surface area contributed by atoms with Crippen molar-refractivity contribution in [3.8, 4) is 0 Å². The normalized spacial score (nSPS) is 18.9. The molecule has 1 saturated carbocycles. The van der Waals surface area contributed by atoms with Crippen molar-refractivity contribution in [2.75, 3.05) is 36.4 Å². The fourth-order valence-corrected chi connectivity index (χ4v) is 3.80. The van der Waals surface area contributed by atoms with Crippen molar-refractivity contribution in [2.24, 2.45) is 5.92 Å². The molecule has 5 heteroatoms. The number of piperazine rings is 1. The van der Waals surface area contributed by atoms with Crippen molar-refractivity contribution in [3.63, 3.8) is 0 Å². The zero-order valence-electron chi connectivity index (χ0n) is 15.2. The van der Waals surface area contributed by atoms with Crippen LogP contribution in [0.4, 0.5) is 11.4 Å². The number of anilines is 2. The van der Waals surface area contributed by atoms with E-state index >= 15 is 0 Å². The second-order valence-electron chi connectivity index (χ2n) is 7.10. The van der Waals surface area contributed by atoms with Gasteiger partial charge in [-0.1, -0.05) is 26.2 Å². The van der Waals surface area contributed by atoms with Crippen LogP contribution in [-0.4, -0.2) is 42.9 Å². The Kier molecular flexibility index (Phi) is 5.95. The standard InChI is InChI=1S/C20H29N3O2/c1-2-19(24)21-17-8-10-18(11-9-17)22-12-14-23(15-13-22)20(25)16-6-4-3-5-7-16/h8-11,16H,2-7,12-15H2,1H3,(H,21,24). The van der Waals surface area contributed by atoms with Crippen LogP contribution in [-0.2, 0) is 9.59 Å². The maximum Gasteiger partial charge on any atom is 0.225 e. The van der Waals surface area contributed by atoms with Crippen molar-refractivity contribution in [1.82, 2.24) is 4.90 Å². The smallest absolute Gasteiger partial charge is 0.225 e. The molecule has 136 valence electrons. The van der Waals surface area contributed by atoms with Crippen molar-refractivity contribution in [2.45, 2.75) is 45.4 Å². The molecule has 0 aromatic heterocycles. The van der Waals surface area contributed by atoms with E-state index in [1.165, 1.54) is 19.3 Å². The van der Waals surface area contributed by atoms with E-state index in [0.29, 0.717) is 12.3 Å². The summed E-state index contributed by atoms with van der Waals surface area (Å²) < 4.78 is 0. The lowest BCUT2D eigenvalue weighted by Crippen LogP contribution is -2.50. The predicted octanol–water partition coefficient (Wildman–Crippen LogP) is 3.26. The molecule has 0 unspecified atom stereocenters. The average Bonchev–Trinajstić information content (AvgIpc) is 2.69. The Hall–Kier alpha value is -2.04. The number of amides is 2. The SMILES string of the molecule is CCC(=O)Nc1ccc(N2CCN(C(=O)C3CCCCC3)CC2)cc1. The van der Waals surface area contributed by atoms with Crippen LogP contribution in [0.3, 0.4) is 0 Å². The lowest BCUT2D eigenvalue weighted by molar-refractivity contribution is -0.136. The van der Waals surface area contributed by atoms with Gasteiger partial charge in [-0.25, -0.2) is 0 Å². The molecule has 0 spiro atoms. The van der Waals surface area contributed by atoms with Crippen molar-refractivity contribution in [3.05, 3.63) is 24.3 Å². The molecule has 3 rings (SSSR count). The largest absolute Gasteiger partial charge is 0.368 e. The molecule has 5 nitrogen and oxygen atoms in total. The number of hydrogen-bond acceptors (Lipinski definition) is 3. The Morgan fingerprint density at radius 2 is 1.64 bits per heavy atom. The van der Waals surface area contributed by atoms with Gasteiger partial charge in [0.15, 0.2) is 0 Å². The van der Waals surface area contributed by atoms with Gasteiger partial charge in [-0.05, 0) is 37.1 Å². The third-order valence-electron chi connectivity index (χ3n) is 5.38. The third kappa shape index (κ3) is 4.53. The first-order valence-electron chi connectivity index (χ1n) is 9.61. The van der Waals surface area contributed by atoms with E-state index in [1.807, 2.05) is 31.2 Å². The summed E-state index contributed by atoms with van der Waals surface area (Å²) in [7, 11) is 0. The number of nitrogens with one attached hydrogen (secondary N) is 1. The Labute approximate surface area is 150 Å². The van der Waals surface area contributed by atoms with Gasteiger partial charge in [0.05, 0.1) is 0 Å². The zero-order valence-corrected chi connectivity index (χ0v) is 15.2. The number of carbonyl (C=O) groups excluding carboxylic acids is 2. The molecule has 0 atom stereocenters. The monoisotopic (exact) mass is 343 g/mol. The number of hydrogen-bond donors (Lipinski definition) is 1. The molecule has 1 aromatic rings. The van der Waals surface area contributed by atoms with Gasteiger partial charge in [0.1, 0.15) is 0 Å². The summed E-state index contributed by atoms with van der Waals surface area (Å²) in [6.07, 6.45) is 6.33. The van der Waals surface area contributed by atoms with Crippen LogP contribution in [0.15, 0.2) is 24.3 Å². The van der Waals surface area contributed by atoms with Gasteiger partial charge in [-0.2, -0.15) is 0 Å². The number of rotatable bonds is 4. The molecule has 1 aromatic carbocycles. The van der Waals surface area contributed by atoms with E-state index < -0.39 is 0 Å². The van der Waals surface area contributed by atoms with Gasteiger partial charge in [-0.15, -0.1) is 0 Å². The molecule has 1 aliphatic carbocycles. The maximum absolute atomic E-state index is 12.6. The Bertz CT molecular complexity index is 585. The van der Waals surface area contributed by atoms with E-state index in [2.05, 4.69) is 15.1 Å². The minimum Gasteiger partial charge on any atom is -0.368 e. The van der Waals surface area contributed by atoms with Crippen molar-refractivity contribution >= 4 is 23.2 Å². The molecule has 1 N–H and O–H groups in total. The third-order valence-corrected chi connectivity index (χ3v) is 5.38. The van der Waals surface area contributed by atoms with E-state index in [0.717, 1.165) is 50.4 Å². The quantitative estimate of drug-likeness (QED) is 0.913. The first-order valence-corrected chi connectivity index (χ1v) is 9.61. The molecule has 2 aliphatic rings. The summed E-state index contributed by atoms with van der Waals surface area (Å²) in [5.41, 5.74) is 1.99. The number of benzene rings is 1. The van der Waals surface area contributed by atoms with Gasteiger partial charge in [0.2, 0.25) is 11.8 Å². The maximum atomic E-state index is 12.6. The summed E-state index contributed by atoms with van der Waals surface area (Å²) in [6.45, 7) is 5.21. The van der Waals surface area contributed by atoms with Gasteiger partial charge >= 0.3 is 0 Å². The summed E-state index contributed by atoms with van der Waals surface area (Å²) in [5.74, 6) is 0.668. The molecule has 2 fully saturated rings. The molecular weight excluding hydrogens is 314 g/mol. The molecule has 1 saturated heterocycles. The number of carbonyl (C=O) groups is 2. The van der Waals surface area contributed by atoms with E-state index in [9.17, 15) is 9.59 Å². The zero-order chi connectivity index (χ0) is 17.6. The molecule has 0 bridgehead atoms. The highest BCUT2D eigenvalue weighted by molar-refractivity contribution is 5.90. The van der Waals surface area contributed by atoms with Gasteiger partial charge < -0.3 is 15.1 Å². The minimum atomic E-state index is 0.0302. The van der Waals surface area contributed by atoms with E-state index in [4.69, 9.17) is 0 Å². The average molecular weight is 343 g/mol. The number of nitrogens with zero attached hydrogens (tertiary/aromatic N) is 2. The Balaban J connectivity index is 1.51. The van der Waals surface area contributed by atoms with Crippen LogP contribution >= 0.6 is 0 Å². The van der Waals surface area contributed by atoms with Gasteiger partial charge in [0, 0.05) is 49.9 Å². The molecule has 1 aliphatic heterocycles. The lowest BCUT2D eigenvalue weighted by Gasteiger charge is -2.38. The first kappa shape index (κ1) is 17.8. The second kappa shape index (κ2) is 8.37. The first-order chi connectivity index (χ1) is 12.2. The molecule has 1 heterocycles. The summed E-state index contributed by atoms with van der Waals surface area (Å²) in [5, 5.41) is 2.87. The fraction of sp³-hybridized carbons (Fsp3) is 0.600. The predicted molar refractivity (Wildman–Crippen MR) is 101 cm³/mol. The topological polar surface area (TPSA) is 52.7 Å². The van der Waals surface area contributed by atoms with Gasteiger partial charge in [-0.3, -0.25) is 9.59 Å². The molecule has 2 amide bonds. The highest BCUT2D eigenvalue weighted by Gasteiger charge is 2.28. The van der Waals surface area contributed by atoms with Gasteiger partial charge in [0.25, 0.3) is 0 Å². The van der Waals surface area contributed by atoms with Crippen LogP contribution in [0.2, 0.25) is 0 Å². The van der Waals surface area contributed by atoms with E-state index in [1.54, 1.807) is 0 Å². The van der Waals surface area contributed by atoms with Crippen molar-refractivity contribution < 1.29 is 9.59 Å². The van der Waals surface area contributed by atoms with Crippen LogP contribution in [0.25, 0.3) is 0 Å².